The molecule has 2 heterocycles. The van der Waals surface area contributed by atoms with Crippen molar-refractivity contribution in [2.45, 2.75) is 12.2 Å². The molecule has 26 heavy (non-hydrogen) atoms. The second-order valence-corrected chi connectivity index (χ2v) is 6.01. The average molecular weight is 368 g/mol. The first-order chi connectivity index (χ1) is 12.4. The standard InChI is InChI=1S/C17H19F3N4O2/c1-23-8-7-22-16(23)14-10-21-6-9-24(14)15(25)11-26-13-4-2-12(3-5-13)17(18,19)20/h2-5,7-8,14,21H,6,9-11H2,1H3. The predicted octanol–water partition coefficient (Wildman–Crippen LogP) is 1.99. The normalized spacial score (nSPS) is 18.0. The summed E-state index contributed by atoms with van der Waals surface area (Å²) >= 11 is 0. The summed E-state index contributed by atoms with van der Waals surface area (Å²) in [7, 11) is 1.86. The molecule has 1 N–H and O–H groups in total. The van der Waals surface area contributed by atoms with Gasteiger partial charge in [0.05, 0.1) is 5.56 Å². The van der Waals surface area contributed by atoms with Crippen LogP contribution in [0.1, 0.15) is 17.4 Å². The monoisotopic (exact) mass is 368 g/mol. The highest BCUT2D eigenvalue weighted by Gasteiger charge is 2.31. The molecular formula is C17H19F3N4O2. The maximum Gasteiger partial charge on any atom is 0.416 e. The van der Waals surface area contributed by atoms with Gasteiger partial charge in [0.15, 0.2) is 6.61 Å². The molecule has 1 aromatic heterocycles. The van der Waals surface area contributed by atoms with Crippen molar-refractivity contribution in [3.05, 3.63) is 48.0 Å². The third kappa shape index (κ3) is 3.98. The van der Waals surface area contributed by atoms with Gasteiger partial charge in [-0.25, -0.2) is 4.98 Å². The van der Waals surface area contributed by atoms with Gasteiger partial charge < -0.3 is 19.5 Å². The second-order valence-electron chi connectivity index (χ2n) is 6.01. The predicted molar refractivity (Wildman–Crippen MR) is 87.5 cm³/mol. The summed E-state index contributed by atoms with van der Waals surface area (Å²) < 4.78 is 44.9. The molecule has 0 spiro atoms. The van der Waals surface area contributed by atoms with E-state index in [-0.39, 0.29) is 24.3 Å². The van der Waals surface area contributed by atoms with Gasteiger partial charge in [-0.3, -0.25) is 4.79 Å². The van der Waals surface area contributed by atoms with Crippen molar-refractivity contribution in [1.82, 2.24) is 19.8 Å². The summed E-state index contributed by atoms with van der Waals surface area (Å²) in [5.74, 6) is 0.745. The van der Waals surface area contributed by atoms with E-state index >= 15 is 0 Å². The number of carbonyl (C=O) groups excluding carboxylic acids is 1. The quantitative estimate of drug-likeness (QED) is 0.897. The molecule has 3 rings (SSSR count). The van der Waals surface area contributed by atoms with Crippen LogP contribution in [0.3, 0.4) is 0 Å². The molecule has 1 atom stereocenters. The smallest absolute Gasteiger partial charge is 0.416 e. The Kier molecular flexibility index (Phi) is 5.17. The lowest BCUT2D eigenvalue weighted by Gasteiger charge is -2.35. The van der Waals surface area contributed by atoms with E-state index in [0.29, 0.717) is 19.6 Å². The number of piperazine rings is 1. The largest absolute Gasteiger partial charge is 0.484 e. The van der Waals surface area contributed by atoms with Crippen LogP contribution in [0.2, 0.25) is 0 Å². The molecule has 1 aromatic carbocycles. The second kappa shape index (κ2) is 7.36. The number of nitrogens with zero attached hydrogens (tertiary/aromatic N) is 3. The van der Waals surface area contributed by atoms with Crippen molar-refractivity contribution in [3.8, 4) is 5.75 Å². The Morgan fingerprint density at radius 1 is 1.35 bits per heavy atom. The number of imidazole rings is 1. The molecule has 1 unspecified atom stereocenters. The zero-order chi connectivity index (χ0) is 18.7. The van der Waals surface area contributed by atoms with Gasteiger partial charge in [-0.15, -0.1) is 0 Å². The number of benzene rings is 1. The van der Waals surface area contributed by atoms with Crippen molar-refractivity contribution in [2.24, 2.45) is 7.05 Å². The number of nitrogens with one attached hydrogen (secondary N) is 1. The number of rotatable bonds is 4. The van der Waals surface area contributed by atoms with Crippen molar-refractivity contribution in [1.29, 1.82) is 0 Å². The van der Waals surface area contributed by atoms with Gasteiger partial charge in [0.2, 0.25) is 0 Å². The van der Waals surface area contributed by atoms with Gasteiger partial charge in [-0.2, -0.15) is 13.2 Å². The molecule has 140 valence electrons. The van der Waals surface area contributed by atoms with Gasteiger partial charge in [0.25, 0.3) is 5.91 Å². The topological polar surface area (TPSA) is 59.4 Å². The van der Waals surface area contributed by atoms with E-state index in [2.05, 4.69) is 10.3 Å². The zero-order valence-electron chi connectivity index (χ0n) is 14.2. The van der Waals surface area contributed by atoms with Crippen molar-refractivity contribution >= 4 is 5.91 Å². The molecule has 6 nitrogen and oxygen atoms in total. The van der Waals surface area contributed by atoms with E-state index in [0.717, 1.165) is 18.0 Å². The minimum absolute atomic E-state index is 0.215. The van der Waals surface area contributed by atoms with Gasteiger partial charge in [-0.05, 0) is 24.3 Å². The number of hydrogen-bond acceptors (Lipinski definition) is 4. The third-order valence-electron chi connectivity index (χ3n) is 4.26. The van der Waals surface area contributed by atoms with Crippen LogP contribution in [0.4, 0.5) is 13.2 Å². The molecule has 1 aliphatic rings. The summed E-state index contributed by atoms with van der Waals surface area (Å²) in [5, 5.41) is 3.23. The lowest BCUT2D eigenvalue weighted by Crippen LogP contribution is -2.50. The zero-order valence-corrected chi connectivity index (χ0v) is 14.2. The van der Waals surface area contributed by atoms with Gasteiger partial charge >= 0.3 is 6.18 Å². The van der Waals surface area contributed by atoms with Gasteiger partial charge in [0, 0.05) is 39.1 Å². The Hall–Kier alpha value is -2.55. The van der Waals surface area contributed by atoms with E-state index in [9.17, 15) is 18.0 Å². The molecule has 1 aliphatic heterocycles. The highest BCUT2D eigenvalue weighted by atomic mass is 19.4. The van der Waals surface area contributed by atoms with Crippen LogP contribution < -0.4 is 10.1 Å². The van der Waals surface area contributed by atoms with Crippen LogP contribution in [0.5, 0.6) is 5.75 Å². The highest BCUT2D eigenvalue weighted by molar-refractivity contribution is 5.78. The average Bonchev–Trinajstić information content (AvgIpc) is 3.05. The van der Waals surface area contributed by atoms with Gasteiger partial charge in [-0.1, -0.05) is 0 Å². The molecule has 0 bridgehead atoms. The van der Waals surface area contributed by atoms with Crippen LogP contribution in [-0.2, 0) is 18.0 Å². The number of alkyl halides is 3. The van der Waals surface area contributed by atoms with Crippen molar-refractivity contribution < 1.29 is 22.7 Å². The Balaban J connectivity index is 1.64. The van der Waals surface area contributed by atoms with Crippen molar-refractivity contribution in [3.63, 3.8) is 0 Å². The lowest BCUT2D eigenvalue weighted by molar-refractivity contribution is -0.138. The molecule has 0 radical (unpaired) electrons. The van der Waals surface area contributed by atoms with Crippen LogP contribution in [-0.4, -0.2) is 46.6 Å². The fraction of sp³-hybridized carbons (Fsp3) is 0.412. The Labute approximate surface area is 148 Å². The first-order valence-corrected chi connectivity index (χ1v) is 8.14. The molecule has 0 saturated carbocycles. The number of aryl methyl sites for hydroxylation is 1. The molecule has 0 aliphatic carbocycles. The number of aromatic nitrogens is 2. The number of hydrogen-bond donors (Lipinski definition) is 1. The molecule has 9 heteroatoms. The number of amides is 1. The molecule has 2 aromatic rings. The summed E-state index contributed by atoms with van der Waals surface area (Å²) in [6.07, 6.45) is -0.916. The Morgan fingerprint density at radius 3 is 2.69 bits per heavy atom. The maximum atomic E-state index is 12.6. The fourth-order valence-electron chi connectivity index (χ4n) is 2.90. The van der Waals surface area contributed by atoms with E-state index in [1.54, 1.807) is 11.1 Å². The highest BCUT2D eigenvalue weighted by Crippen LogP contribution is 2.30. The molecule has 1 amide bonds. The van der Waals surface area contributed by atoms with Crippen LogP contribution in [0, 0.1) is 0 Å². The van der Waals surface area contributed by atoms with E-state index in [4.69, 9.17) is 4.74 Å². The van der Waals surface area contributed by atoms with E-state index in [1.165, 1.54) is 12.1 Å². The Morgan fingerprint density at radius 2 is 2.08 bits per heavy atom. The third-order valence-corrected chi connectivity index (χ3v) is 4.26. The molecule has 1 fully saturated rings. The molecular weight excluding hydrogens is 349 g/mol. The first-order valence-electron chi connectivity index (χ1n) is 8.14. The van der Waals surface area contributed by atoms with Crippen LogP contribution >= 0.6 is 0 Å². The van der Waals surface area contributed by atoms with Crippen LogP contribution in [0.15, 0.2) is 36.7 Å². The first kappa shape index (κ1) is 18.2. The number of carbonyl (C=O) groups is 1. The minimum Gasteiger partial charge on any atom is -0.484 e. The van der Waals surface area contributed by atoms with Crippen molar-refractivity contribution in [2.75, 3.05) is 26.2 Å². The molecule has 1 saturated heterocycles. The SMILES string of the molecule is Cn1ccnc1C1CNCCN1C(=O)COc1ccc(C(F)(F)F)cc1. The van der Waals surface area contributed by atoms with Gasteiger partial charge in [0.1, 0.15) is 17.6 Å². The Bertz CT molecular complexity index is 758. The minimum atomic E-state index is -4.40. The summed E-state index contributed by atoms with van der Waals surface area (Å²) in [6, 6.07) is 4.07. The van der Waals surface area contributed by atoms with E-state index < -0.39 is 11.7 Å². The summed E-state index contributed by atoms with van der Waals surface area (Å²) in [4.78, 5) is 18.6. The van der Waals surface area contributed by atoms with Crippen LogP contribution in [0.25, 0.3) is 0 Å². The fourth-order valence-corrected chi connectivity index (χ4v) is 2.90. The number of halogens is 3. The summed E-state index contributed by atoms with van der Waals surface area (Å²) in [5.41, 5.74) is -0.756. The maximum absolute atomic E-state index is 12.6. The number of ether oxygens (including phenoxy) is 1. The summed E-state index contributed by atoms with van der Waals surface area (Å²) in [6.45, 7) is 1.50. The van der Waals surface area contributed by atoms with E-state index in [1.807, 2.05) is 17.8 Å². The lowest BCUT2D eigenvalue weighted by atomic mass is 10.1.